The number of carbonyl (C=O) groups excluding carboxylic acids is 5. The Bertz CT molecular complexity index is 2820. The fraction of sp³-hybridized carbons (Fsp3) is 0.467. The van der Waals surface area contributed by atoms with Gasteiger partial charge in [-0.2, -0.15) is 0 Å². The first kappa shape index (κ1) is 64.0. The number of hydrogen-bond acceptors (Lipinski definition) is 11. The van der Waals surface area contributed by atoms with E-state index < -0.39 is 52.1 Å². The molecule has 2 atom stereocenters. The second-order valence-electron chi connectivity index (χ2n) is 21.7. The summed E-state index contributed by atoms with van der Waals surface area (Å²) in [5.41, 5.74) is 0.0639. The Kier molecular flexibility index (Phi) is 22.6. The largest absolute Gasteiger partial charge is 0.478 e. The van der Waals surface area contributed by atoms with Crippen molar-refractivity contribution in [3.8, 4) is 0 Å². The average Bonchev–Trinajstić information content (AvgIpc) is 3.39. The minimum Gasteiger partial charge on any atom is -0.478 e. The number of alkyl carbamates (subject to hydrolysis) is 2. The Balaban J connectivity index is 0.000000296. The van der Waals surface area contributed by atoms with E-state index in [4.69, 9.17) is 19.6 Å². The van der Waals surface area contributed by atoms with Crippen LogP contribution in [0.1, 0.15) is 177 Å². The summed E-state index contributed by atoms with van der Waals surface area (Å²) in [6.45, 7) is 21.9. The molecule has 0 unspecified atom stereocenters. The van der Waals surface area contributed by atoms with E-state index in [0.29, 0.717) is 37.3 Å². The average molecular weight is 1100 g/mol. The first-order valence-corrected chi connectivity index (χ1v) is 26.7. The van der Waals surface area contributed by atoms with Crippen LogP contribution in [0.3, 0.4) is 0 Å². The highest BCUT2D eigenvalue weighted by Crippen LogP contribution is 2.33. The molecular weight excluding hydrogens is 1010 g/mol. The maximum absolute atomic E-state index is 14.8. The lowest BCUT2D eigenvalue weighted by atomic mass is 9.88. The highest BCUT2D eigenvalue weighted by molar-refractivity contribution is 6.06. The number of rotatable bonds is 14. The topological polar surface area (TPSA) is 212 Å². The van der Waals surface area contributed by atoms with Crippen molar-refractivity contribution in [1.29, 1.82) is 0 Å². The lowest BCUT2D eigenvalue weighted by Gasteiger charge is -2.37. The zero-order valence-electron chi connectivity index (χ0n) is 48.3. The Morgan fingerprint density at radius 2 is 1.03 bits per heavy atom. The summed E-state index contributed by atoms with van der Waals surface area (Å²) in [5, 5.41) is 17.5. The minimum atomic E-state index is -1.28. The van der Waals surface area contributed by atoms with Gasteiger partial charge in [-0.3, -0.25) is 34.8 Å². The van der Waals surface area contributed by atoms with Crippen LogP contribution in [0, 0.1) is 11.6 Å². The third-order valence-corrected chi connectivity index (χ3v) is 13.6. The summed E-state index contributed by atoms with van der Waals surface area (Å²) in [6, 6.07) is 27.5. The van der Waals surface area contributed by atoms with Crippen LogP contribution < -0.4 is 16.0 Å². The normalized spacial score (nSPS) is 15.6. The molecule has 5 amide bonds. The van der Waals surface area contributed by atoms with Gasteiger partial charge >= 0.3 is 18.2 Å². The van der Waals surface area contributed by atoms with Crippen LogP contribution in [0.15, 0.2) is 107 Å². The Hall–Kier alpha value is -7.54. The molecule has 0 saturated carbocycles. The van der Waals surface area contributed by atoms with Crippen molar-refractivity contribution in [2.45, 2.75) is 169 Å². The maximum atomic E-state index is 14.8. The van der Waals surface area contributed by atoms with Crippen LogP contribution in [0.25, 0.3) is 0 Å². The molecule has 0 bridgehead atoms. The number of carbonyl (C=O) groups is 6. The second-order valence-corrected chi connectivity index (χ2v) is 21.7. The van der Waals surface area contributed by atoms with Crippen LogP contribution in [0.4, 0.5) is 18.4 Å². The third-order valence-electron chi connectivity index (χ3n) is 13.6. The zero-order valence-corrected chi connectivity index (χ0v) is 48.3. The molecule has 0 saturated heterocycles. The molecule has 79 heavy (non-hydrogen) atoms. The minimum absolute atomic E-state index is 0.00494. The molecule has 19 heteroatoms. The van der Waals surface area contributed by atoms with Gasteiger partial charge in [-0.05, 0) is 147 Å². The van der Waals surface area contributed by atoms with E-state index in [1.165, 1.54) is 33.6 Å². The summed E-state index contributed by atoms with van der Waals surface area (Å²) >= 11 is 0. The van der Waals surface area contributed by atoms with Gasteiger partial charge in [0.1, 0.15) is 22.8 Å². The quantitative estimate of drug-likeness (QED) is 0.0938. The van der Waals surface area contributed by atoms with Gasteiger partial charge in [0.15, 0.2) is 0 Å². The zero-order chi connectivity index (χ0) is 59.0. The van der Waals surface area contributed by atoms with E-state index in [-0.39, 0.29) is 78.3 Å². The number of ether oxygens (including phenoxy) is 2. The molecule has 2 aliphatic heterocycles. The fourth-order valence-corrected chi connectivity index (χ4v) is 8.60. The van der Waals surface area contributed by atoms with Gasteiger partial charge < -0.3 is 24.8 Å². The van der Waals surface area contributed by atoms with Gasteiger partial charge in [0.05, 0.1) is 48.6 Å². The molecular formula is C60H80F2N8O9. The van der Waals surface area contributed by atoms with Gasteiger partial charge in [0.25, 0.3) is 5.91 Å². The van der Waals surface area contributed by atoms with Crippen molar-refractivity contribution >= 4 is 47.8 Å². The predicted octanol–water partition coefficient (Wildman–Crippen LogP) is 11.5. The molecule has 4 N–H and O–H groups in total. The molecule has 0 aliphatic carbocycles. The summed E-state index contributed by atoms with van der Waals surface area (Å²) in [6.07, 6.45) is 1.15. The Labute approximate surface area is 464 Å². The number of guanidine groups is 2. The lowest BCUT2D eigenvalue weighted by Crippen LogP contribution is -2.54. The number of aliphatic imine (C=N–C) groups is 2. The molecule has 0 aromatic heterocycles. The monoisotopic (exact) mass is 1090 g/mol. The van der Waals surface area contributed by atoms with E-state index in [0.717, 1.165) is 17.7 Å². The fourth-order valence-electron chi connectivity index (χ4n) is 8.60. The van der Waals surface area contributed by atoms with E-state index >= 15 is 0 Å². The molecule has 0 fully saturated rings. The van der Waals surface area contributed by atoms with E-state index in [2.05, 4.69) is 52.1 Å². The Morgan fingerprint density at radius 3 is 1.39 bits per heavy atom. The van der Waals surface area contributed by atoms with Crippen LogP contribution in [-0.2, 0) is 32.2 Å². The summed E-state index contributed by atoms with van der Waals surface area (Å²) in [5.74, 6) is -3.47. The number of hydrogen-bond donors (Lipinski definition) is 4. The first-order chi connectivity index (χ1) is 37.0. The molecule has 17 nitrogen and oxygen atoms in total. The van der Waals surface area contributed by atoms with E-state index in [9.17, 15) is 37.5 Å². The number of aromatic carboxylic acids is 1. The maximum Gasteiger partial charge on any atom is 0.414 e. The van der Waals surface area contributed by atoms with E-state index in [1.54, 1.807) is 59.6 Å². The van der Waals surface area contributed by atoms with Gasteiger partial charge in [-0.25, -0.2) is 33.1 Å². The van der Waals surface area contributed by atoms with Gasteiger partial charge in [-0.15, -0.1) is 0 Å². The highest BCUT2D eigenvalue weighted by Gasteiger charge is 2.41. The molecule has 2 heterocycles. The Morgan fingerprint density at radius 1 is 0.646 bits per heavy atom. The van der Waals surface area contributed by atoms with Crippen molar-refractivity contribution in [2.24, 2.45) is 9.98 Å². The SMILES string of the molecule is CCC1(CC)CC(=O)N(Cc2cc(F)cc(C(=O)N(C)[C@@H](C)c3ccccc3)c2)C(NC(=O)OC(C)(C)C)=N1.CCC1(CC)CC(=O)N(Cc2cc(F)cc(C(=O)O)c2)C(NC(=O)OC(C)(C)C)=N1.CN[C@@H](C)c1ccccc1. The van der Waals surface area contributed by atoms with Crippen molar-refractivity contribution in [1.82, 2.24) is 30.7 Å². The van der Waals surface area contributed by atoms with E-state index in [1.807, 2.05) is 78.1 Å². The molecule has 428 valence electrons. The van der Waals surface area contributed by atoms with Crippen molar-refractivity contribution in [3.63, 3.8) is 0 Å². The standard InChI is InChI=1S/C30H39FN4O4.C21H28FN3O5.C9H13N/c1-8-30(9-2)18-25(36)35(27(33-30)32-28(38)39-29(4,5)6)19-21-15-23(17-24(31)16-21)26(37)34(7)20(3)22-13-11-10-12-14-22;1-6-21(7-2)11-16(26)25(18(24-21)23-19(29)30-20(3,4)5)12-13-8-14(17(27)28)10-15(22)9-13;1-8(10-2)9-6-4-3-5-7-9/h10-17,20H,8-9,18-19H2,1-7H3,(H,32,33,38);8-10H,6-7,11-12H2,1-5H3,(H,27,28)(H,23,24,29);3-8,10H,1-2H3/t20-;;8-/m0.0/s1. The van der Waals surface area contributed by atoms with Crippen LogP contribution >= 0.6 is 0 Å². The number of amides is 5. The summed E-state index contributed by atoms with van der Waals surface area (Å²) in [4.78, 5) is 89.2. The van der Waals surface area contributed by atoms with Gasteiger partial charge in [-0.1, -0.05) is 88.4 Å². The second kappa shape index (κ2) is 27.9. The third kappa shape index (κ3) is 18.8. The predicted molar refractivity (Wildman–Crippen MR) is 301 cm³/mol. The molecule has 4 aromatic rings. The van der Waals surface area contributed by atoms with Crippen LogP contribution in [0.5, 0.6) is 0 Å². The number of benzene rings is 4. The highest BCUT2D eigenvalue weighted by atomic mass is 19.1. The summed E-state index contributed by atoms with van der Waals surface area (Å²) < 4.78 is 39.3. The van der Waals surface area contributed by atoms with Crippen molar-refractivity contribution < 1.29 is 52.1 Å². The first-order valence-electron chi connectivity index (χ1n) is 26.7. The molecule has 4 aromatic carbocycles. The summed E-state index contributed by atoms with van der Waals surface area (Å²) in [7, 11) is 3.64. The van der Waals surface area contributed by atoms with Crippen LogP contribution in [-0.4, -0.2) is 104 Å². The number of carboxylic acids is 1. The van der Waals surface area contributed by atoms with Crippen LogP contribution in [0.2, 0.25) is 0 Å². The number of nitrogens with one attached hydrogen (secondary N) is 3. The number of nitrogens with zero attached hydrogens (tertiary/aromatic N) is 5. The van der Waals surface area contributed by atoms with Gasteiger partial charge in [0, 0.05) is 18.7 Å². The molecule has 2 aliphatic rings. The lowest BCUT2D eigenvalue weighted by molar-refractivity contribution is -0.131. The van der Waals surface area contributed by atoms with Crippen molar-refractivity contribution in [3.05, 3.63) is 142 Å². The van der Waals surface area contributed by atoms with Crippen molar-refractivity contribution in [2.75, 3.05) is 14.1 Å². The molecule has 6 rings (SSSR count). The molecule has 0 radical (unpaired) electrons. The molecule has 0 spiro atoms. The number of carboxylic acid groups (broad SMARTS) is 1. The smallest absolute Gasteiger partial charge is 0.414 e. The number of halogens is 2. The van der Waals surface area contributed by atoms with Gasteiger partial charge in [0.2, 0.25) is 23.7 Å².